The van der Waals surface area contributed by atoms with Crippen molar-refractivity contribution in [2.75, 3.05) is 13.7 Å². The van der Waals surface area contributed by atoms with Crippen LogP contribution in [0.3, 0.4) is 0 Å². The highest BCUT2D eigenvalue weighted by Crippen LogP contribution is 2.44. The molecular formula is C31H34N2O6. The Balaban J connectivity index is 1.36. The number of benzene rings is 3. The highest BCUT2D eigenvalue weighted by atomic mass is 16.6. The van der Waals surface area contributed by atoms with Crippen LogP contribution in [-0.2, 0) is 27.2 Å². The zero-order valence-electron chi connectivity index (χ0n) is 22.6. The molecule has 0 aromatic heterocycles. The fourth-order valence-electron chi connectivity index (χ4n) is 4.72. The number of amides is 2. The third-order valence-corrected chi connectivity index (χ3v) is 6.66. The molecule has 8 nitrogen and oxygen atoms in total. The van der Waals surface area contributed by atoms with Crippen molar-refractivity contribution in [3.8, 4) is 11.1 Å². The van der Waals surface area contributed by atoms with Gasteiger partial charge in [-0.25, -0.2) is 14.4 Å². The maximum Gasteiger partial charge on any atom is 0.410 e. The van der Waals surface area contributed by atoms with Gasteiger partial charge in [0.2, 0.25) is 0 Å². The zero-order chi connectivity index (χ0) is 28.2. The lowest BCUT2D eigenvalue weighted by Crippen LogP contribution is -2.44. The molecule has 0 heterocycles. The van der Waals surface area contributed by atoms with E-state index >= 15 is 0 Å². The summed E-state index contributed by atoms with van der Waals surface area (Å²) in [6.45, 7) is 5.76. The Hall–Kier alpha value is -4.33. The zero-order valence-corrected chi connectivity index (χ0v) is 22.6. The minimum Gasteiger partial charge on any atom is -0.480 e. The van der Waals surface area contributed by atoms with Gasteiger partial charge < -0.3 is 19.9 Å². The standard InChI is InChI=1S/C31H34N2O6/c1-31(2,3)39-29(36)32-18-21-15-13-20(14-16-21)17-27(28(34)35)33(4)30(37)38-19-26-24-11-7-5-9-22(24)23-10-6-8-12-25(23)26/h5-16,26-27H,17-19H2,1-4H3,(H,32,36)(H,34,35)/t27-/m1/s1. The molecular weight excluding hydrogens is 496 g/mol. The first-order valence-electron chi connectivity index (χ1n) is 12.9. The molecule has 204 valence electrons. The fourth-order valence-corrected chi connectivity index (χ4v) is 4.72. The lowest BCUT2D eigenvalue weighted by molar-refractivity contribution is -0.142. The van der Waals surface area contributed by atoms with Crippen LogP contribution in [0, 0.1) is 0 Å². The second kappa shape index (κ2) is 11.6. The van der Waals surface area contributed by atoms with E-state index in [0.29, 0.717) is 0 Å². The maximum absolute atomic E-state index is 13.0. The summed E-state index contributed by atoms with van der Waals surface area (Å²) < 4.78 is 10.9. The van der Waals surface area contributed by atoms with Crippen molar-refractivity contribution in [3.05, 3.63) is 95.1 Å². The molecule has 0 radical (unpaired) electrons. The summed E-state index contributed by atoms with van der Waals surface area (Å²) >= 11 is 0. The Kier molecular flexibility index (Phi) is 8.24. The summed E-state index contributed by atoms with van der Waals surface area (Å²) in [5, 5.41) is 12.6. The van der Waals surface area contributed by atoms with Crippen LogP contribution in [-0.4, -0.2) is 53.5 Å². The number of nitrogens with zero attached hydrogens (tertiary/aromatic N) is 1. The predicted molar refractivity (Wildman–Crippen MR) is 147 cm³/mol. The largest absolute Gasteiger partial charge is 0.480 e. The van der Waals surface area contributed by atoms with Crippen LogP contribution in [0.15, 0.2) is 72.8 Å². The van der Waals surface area contributed by atoms with Crippen molar-refractivity contribution in [2.24, 2.45) is 0 Å². The number of alkyl carbamates (subject to hydrolysis) is 1. The number of hydrogen-bond acceptors (Lipinski definition) is 5. The topological polar surface area (TPSA) is 105 Å². The van der Waals surface area contributed by atoms with E-state index in [1.54, 1.807) is 45.0 Å². The van der Waals surface area contributed by atoms with Gasteiger partial charge in [0.05, 0.1) is 0 Å². The molecule has 0 aliphatic heterocycles. The van der Waals surface area contributed by atoms with Gasteiger partial charge in [0, 0.05) is 25.9 Å². The third-order valence-electron chi connectivity index (χ3n) is 6.66. The Bertz CT molecular complexity index is 1300. The predicted octanol–water partition coefficient (Wildman–Crippen LogP) is 5.59. The molecule has 0 saturated carbocycles. The van der Waals surface area contributed by atoms with Gasteiger partial charge in [-0.05, 0) is 54.2 Å². The Labute approximate surface area is 228 Å². The van der Waals surface area contributed by atoms with Gasteiger partial charge in [-0.3, -0.25) is 4.90 Å². The molecule has 3 aromatic rings. The van der Waals surface area contributed by atoms with E-state index < -0.39 is 29.8 Å². The van der Waals surface area contributed by atoms with Gasteiger partial charge in [0.15, 0.2) is 0 Å². The normalized spacial score (nSPS) is 13.1. The summed E-state index contributed by atoms with van der Waals surface area (Å²) in [5.41, 5.74) is 5.41. The first-order chi connectivity index (χ1) is 18.5. The Morgan fingerprint density at radius 3 is 1.97 bits per heavy atom. The summed E-state index contributed by atoms with van der Waals surface area (Å²) in [4.78, 5) is 38.0. The smallest absolute Gasteiger partial charge is 0.410 e. The third kappa shape index (κ3) is 6.76. The number of carboxylic acids is 1. The van der Waals surface area contributed by atoms with Crippen molar-refractivity contribution in [3.63, 3.8) is 0 Å². The molecule has 1 aliphatic carbocycles. The highest BCUT2D eigenvalue weighted by molar-refractivity contribution is 5.81. The van der Waals surface area contributed by atoms with Crippen LogP contribution in [0.2, 0.25) is 0 Å². The number of nitrogens with one attached hydrogen (secondary N) is 1. The van der Waals surface area contributed by atoms with Crippen LogP contribution >= 0.6 is 0 Å². The molecule has 39 heavy (non-hydrogen) atoms. The van der Waals surface area contributed by atoms with E-state index in [-0.39, 0.29) is 25.5 Å². The van der Waals surface area contributed by atoms with E-state index in [2.05, 4.69) is 17.4 Å². The number of carboxylic acid groups (broad SMARTS) is 1. The van der Waals surface area contributed by atoms with Crippen molar-refractivity contribution < 1.29 is 29.0 Å². The van der Waals surface area contributed by atoms with E-state index in [1.165, 1.54) is 7.05 Å². The van der Waals surface area contributed by atoms with Crippen LogP contribution in [0.25, 0.3) is 11.1 Å². The van der Waals surface area contributed by atoms with E-state index in [1.807, 2.05) is 36.4 Å². The quantitative estimate of drug-likeness (QED) is 0.394. The number of carbonyl (C=O) groups excluding carboxylic acids is 2. The molecule has 3 aromatic carbocycles. The minimum atomic E-state index is -1.12. The maximum atomic E-state index is 13.0. The molecule has 0 fully saturated rings. The van der Waals surface area contributed by atoms with Crippen LogP contribution in [0.4, 0.5) is 9.59 Å². The van der Waals surface area contributed by atoms with E-state index in [9.17, 15) is 19.5 Å². The van der Waals surface area contributed by atoms with Gasteiger partial charge in [-0.15, -0.1) is 0 Å². The first kappa shape index (κ1) is 27.7. The second-order valence-electron chi connectivity index (χ2n) is 10.6. The number of aliphatic carboxylic acids is 1. The van der Waals surface area contributed by atoms with Gasteiger partial charge in [0.1, 0.15) is 18.2 Å². The molecule has 2 N–H and O–H groups in total. The second-order valence-corrected chi connectivity index (χ2v) is 10.6. The number of fused-ring (bicyclic) bond motifs is 3. The molecule has 4 rings (SSSR count). The van der Waals surface area contributed by atoms with Gasteiger partial charge in [0.25, 0.3) is 0 Å². The lowest BCUT2D eigenvalue weighted by Gasteiger charge is -2.25. The number of likely N-dealkylation sites (N-methyl/N-ethyl adjacent to an activating group) is 1. The summed E-state index contributed by atoms with van der Waals surface area (Å²) in [7, 11) is 1.44. The van der Waals surface area contributed by atoms with Crippen molar-refractivity contribution >= 4 is 18.2 Å². The van der Waals surface area contributed by atoms with Gasteiger partial charge in [-0.1, -0.05) is 72.8 Å². The summed E-state index contributed by atoms with van der Waals surface area (Å²) in [5.74, 6) is -1.23. The van der Waals surface area contributed by atoms with Crippen LogP contribution < -0.4 is 5.32 Å². The number of rotatable bonds is 8. The van der Waals surface area contributed by atoms with Crippen molar-refractivity contribution in [2.45, 2.75) is 51.3 Å². The summed E-state index contributed by atoms with van der Waals surface area (Å²) in [6.07, 6.45) is -1.10. The lowest BCUT2D eigenvalue weighted by atomic mass is 9.98. The van der Waals surface area contributed by atoms with E-state index in [0.717, 1.165) is 38.3 Å². The molecule has 1 aliphatic rings. The number of hydrogen-bond donors (Lipinski definition) is 2. The first-order valence-corrected chi connectivity index (χ1v) is 12.9. The SMILES string of the molecule is CN(C(=O)OCC1c2ccccc2-c2ccccc21)[C@H](Cc1ccc(CNC(=O)OC(C)(C)C)cc1)C(=O)O. The number of carbonyl (C=O) groups is 3. The fraction of sp³-hybridized carbons (Fsp3) is 0.323. The Morgan fingerprint density at radius 1 is 0.897 bits per heavy atom. The molecule has 0 bridgehead atoms. The number of ether oxygens (including phenoxy) is 2. The monoisotopic (exact) mass is 530 g/mol. The Morgan fingerprint density at radius 2 is 1.44 bits per heavy atom. The van der Waals surface area contributed by atoms with E-state index in [4.69, 9.17) is 9.47 Å². The molecule has 1 atom stereocenters. The molecule has 2 amide bonds. The highest BCUT2D eigenvalue weighted by Gasteiger charge is 2.32. The average Bonchev–Trinajstić information content (AvgIpc) is 3.22. The molecule has 0 spiro atoms. The average molecular weight is 531 g/mol. The van der Waals surface area contributed by atoms with Crippen LogP contribution in [0.1, 0.15) is 48.9 Å². The molecule has 8 heteroatoms. The van der Waals surface area contributed by atoms with Crippen molar-refractivity contribution in [1.82, 2.24) is 10.2 Å². The van der Waals surface area contributed by atoms with Gasteiger partial charge >= 0.3 is 18.2 Å². The summed E-state index contributed by atoms with van der Waals surface area (Å²) in [6, 6.07) is 22.1. The van der Waals surface area contributed by atoms with Crippen LogP contribution in [0.5, 0.6) is 0 Å². The molecule has 0 unspecified atom stereocenters. The van der Waals surface area contributed by atoms with Gasteiger partial charge in [-0.2, -0.15) is 0 Å². The minimum absolute atomic E-state index is 0.107. The van der Waals surface area contributed by atoms with Crippen molar-refractivity contribution in [1.29, 1.82) is 0 Å². The molecule has 0 saturated heterocycles.